The molecule has 3 aromatic rings. The highest BCUT2D eigenvalue weighted by molar-refractivity contribution is 5.51. The average Bonchev–Trinajstić information content (AvgIpc) is 3.13. The molecule has 0 amide bonds. The van der Waals surface area contributed by atoms with E-state index in [2.05, 4.69) is 0 Å². The van der Waals surface area contributed by atoms with Crippen LogP contribution in [0.25, 0.3) is 5.69 Å². The maximum atomic E-state index is 13.7. The molecule has 2 atom stereocenters. The summed E-state index contributed by atoms with van der Waals surface area (Å²) in [6.45, 7) is 4.54. The van der Waals surface area contributed by atoms with Gasteiger partial charge in [0.1, 0.15) is 23.1 Å². The summed E-state index contributed by atoms with van der Waals surface area (Å²) in [6, 6.07) is 8.69. The fourth-order valence-corrected chi connectivity index (χ4v) is 5.43. The monoisotopic (exact) mass is 529 g/mol. The van der Waals surface area contributed by atoms with E-state index in [1.54, 1.807) is 12.1 Å². The minimum Gasteiger partial charge on any atom is -0.483 e. The number of allylic oxidation sites excluding steroid dienone is 1. The summed E-state index contributed by atoms with van der Waals surface area (Å²) in [5, 5.41) is 0. The fraction of sp³-hybridized carbons (Fsp3) is 0.407. The maximum Gasteiger partial charge on any atom is 0.416 e. The number of hydrogen-bond donors (Lipinski definition) is 0. The Morgan fingerprint density at radius 2 is 1.79 bits per heavy atom. The van der Waals surface area contributed by atoms with E-state index in [1.807, 2.05) is 26.0 Å². The van der Waals surface area contributed by atoms with Crippen LogP contribution in [0.3, 0.4) is 0 Å². The van der Waals surface area contributed by atoms with Gasteiger partial charge in [-0.3, -0.25) is 0 Å². The molecule has 1 fully saturated rings. The molecule has 0 spiro atoms. The average molecular weight is 530 g/mol. The third-order valence-electron chi connectivity index (χ3n) is 7.28. The lowest BCUT2D eigenvalue weighted by Crippen LogP contribution is -2.46. The zero-order valence-electron chi connectivity index (χ0n) is 20.8. The Kier molecular flexibility index (Phi) is 5.60. The molecule has 3 aliphatic heterocycles. The van der Waals surface area contributed by atoms with Gasteiger partial charge in [0.25, 0.3) is 0 Å². The second-order valence-electron chi connectivity index (χ2n) is 10.2. The lowest BCUT2D eigenvalue weighted by Gasteiger charge is -2.42. The van der Waals surface area contributed by atoms with E-state index < -0.39 is 34.8 Å². The highest BCUT2D eigenvalue weighted by Gasteiger charge is 2.44. The van der Waals surface area contributed by atoms with Crippen LogP contribution in [0.5, 0.6) is 11.5 Å². The fourth-order valence-electron chi connectivity index (χ4n) is 5.43. The molecule has 0 N–H and O–H groups in total. The topological polar surface area (TPSA) is 76.6 Å². The Balaban J connectivity index is 1.43. The molecule has 1 aromatic heterocycles. The van der Waals surface area contributed by atoms with E-state index in [0.717, 1.165) is 53.7 Å². The van der Waals surface area contributed by atoms with Gasteiger partial charge in [0.15, 0.2) is 6.29 Å². The minimum atomic E-state index is -4.53. The van der Waals surface area contributed by atoms with Crippen molar-refractivity contribution in [1.82, 2.24) is 13.9 Å². The van der Waals surface area contributed by atoms with Gasteiger partial charge in [0.05, 0.1) is 24.4 Å². The van der Waals surface area contributed by atoms with Gasteiger partial charge in [-0.15, -0.1) is 0 Å². The highest BCUT2D eigenvalue weighted by atomic mass is 19.4. The van der Waals surface area contributed by atoms with Crippen molar-refractivity contribution in [3.05, 3.63) is 86.2 Å². The normalized spacial score (nSPS) is 22.0. The Hall–Kier alpha value is -3.73. The lowest BCUT2D eigenvalue weighted by molar-refractivity contribution is -0.137. The number of alkyl halides is 3. The Labute approximate surface area is 215 Å². The van der Waals surface area contributed by atoms with Crippen molar-refractivity contribution in [3.8, 4) is 17.2 Å². The molecule has 11 heteroatoms. The van der Waals surface area contributed by atoms with Gasteiger partial charge in [0, 0.05) is 18.1 Å². The molecule has 1 saturated heterocycles. The van der Waals surface area contributed by atoms with Crippen molar-refractivity contribution in [3.63, 3.8) is 0 Å². The Morgan fingerprint density at radius 3 is 2.47 bits per heavy atom. The minimum absolute atomic E-state index is 0.0618. The van der Waals surface area contributed by atoms with E-state index in [4.69, 9.17) is 14.2 Å². The quantitative estimate of drug-likeness (QED) is 0.470. The largest absolute Gasteiger partial charge is 0.483 e. The first-order valence-electron chi connectivity index (χ1n) is 12.5. The smallest absolute Gasteiger partial charge is 0.416 e. The van der Waals surface area contributed by atoms with E-state index >= 15 is 0 Å². The first-order chi connectivity index (χ1) is 18.0. The molecular formula is C27H26F3N3O5. The van der Waals surface area contributed by atoms with Gasteiger partial charge < -0.3 is 14.2 Å². The maximum absolute atomic E-state index is 13.7. The van der Waals surface area contributed by atoms with Crippen LogP contribution in [-0.2, 0) is 17.5 Å². The van der Waals surface area contributed by atoms with Crippen LogP contribution < -0.4 is 20.9 Å². The molecule has 38 heavy (non-hydrogen) atoms. The third-order valence-corrected chi connectivity index (χ3v) is 7.28. The lowest BCUT2D eigenvalue weighted by atomic mass is 9.83. The first-order valence-corrected chi connectivity index (χ1v) is 12.5. The Bertz CT molecular complexity index is 1540. The van der Waals surface area contributed by atoms with E-state index in [1.165, 1.54) is 9.36 Å². The summed E-state index contributed by atoms with van der Waals surface area (Å²) in [4.78, 5) is 27.0. The standard InChI is InChI=1S/C27H26F3N3O5/c1-26(2)20-12-13-31-24(34)32(17-8-6-16(7-9-17)27(28,29)30)25(35)33(31)23(20)19-11-10-18(15-21(19)38-26)37-22-5-3-4-14-36-22/h6-12,15,22-23H,3-5,13-14H2,1-2H3. The van der Waals surface area contributed by atoms with E-state index in [9.17, 15) is 22.8 Å². The summed E-state index contributed by atoms with van der Waals surface area (Å²) < 4.78 is 60.7. The van der Waals surface area contributed by atoms with Crippen LogP contribution >= 0.6 is 0 Å². The third kappa shape index (κ3) is 3.96. The van der Waals surface area contributed by atoms with Crippen molar-refractivity contribution >= 4 is 0 Å². The molecule has 0 radical (unpaired) electrons. The van der Waals surface area contributed by atoms with Gasteiger partial charge in [-0.05, 0) is 68.7 Å². The molecule has 2 aromatic carbocycles. The zero-order valence-corrected chi connectivity index (χ0v) is 20.8. The van der Waals surface area contributed by atoms with Crippen LogP contribution in [-0.4, -0.2) is 32.4 Å². The summed E-state index contributed by atoms with van der Waals surface area (Å²) in [7, 11) is 0. The van der Waals surface area contributed by atoms with E-state index in [0.29, 0.717) is 23.7 Å². The van der Waals surface area contributed by atoms with Crippen LogP contribution in [0.2, 0.25) is 0 Å². The molecule has 8 nitrogen and oxygen atoms in total. The van der Waals surface area contributed by atoms with Gasteiger partial charge >= 0.3 is 17.6 Å². The molecule has 0 aliphatic carbocycles. The van der Waals surface area contributed by atoms with Gasteiger partial charge in [-0.1, -0.05) is 6.08 Å². The molecule has 3 aliphatic rings. The number of nitrogens with zero attached hydrogens (tertiary/aromatic N) is 3. The van der Waals surface area contributed by atoms with Crippen LogP contribution in [0.15, 0.2) is 63.7 Å². The van der Waals surface area contributed by atoms with Crippen LogP contribution in [0.1, 0.15) is 50.3 Å². The highest BCUT2D eigenvalue weighted by Crippen LogP contribution is 2.47. The second-order valence-corrected chi connectivity index (χ2v) is 10.2. The van der Waals surface area contributed by atoms with Crippen LogP contribution in [0.4, 0.5) is 13.2 Å². The van der Waals surface area contributed by atoms with Crippen molar-refractivity contribution in [2.45, 2.75) is 63.8 Å². The molecule has 0 bridgehead atoms. The molecule has 0 saturated carbocycles. The SMILES string of the molecule is CC1(C)Oc2cc(OC3CCCCO3)ccc2C2C1=CCn1c(=O)n(-c3ccc(C(F)(F)F)cc3)c(=O)n12. The number of aromatic nitrogens is 3. The number of rotatable bonds is 3. The summed E-state index contributed by atoms with van der Waals surface area (Å²) >= 11 is 0. The first kappa shape index (κ1) is 24.6. The van der Waals surface area contributed by atoms with Gasteiger partial charge in [-0.2, -0.15) is 13.2 Å². The number of hydrogen-bond acceptors (Lipinski definition) is 5. The number of benzene rings is 2. The predicted octanol–water partition coefficient (Wildman–Crippen LogP) is 4.43. The predicted molar refractivity (Wildman–Crippen MR) is 131 cm³/mol. The molecule has 4 heterocycles. The van der Waals surface area contributed by atoms with Crippen molar-refractivity contribution < 1.29 is 27.4 Å². The van der Waals surface area contributed by atoms with Crippen molar-refractivity contribution in [1.29, 1.82) is 0 Å². The number of halogens is 3. The van der Waals surface area contributed by atoms with Gasteiger partial charge in [-0.25, -0.2) is 23.5 Å². The molecular weight excluding hydrogens is 503 g/mol. The number of fused-ring (bicyclic) bond motifs is 5. The van der Waals surface area contributed by atoms with Crippen LogP contribution in [0, 0.1) is 0 Å². The molecule has 6 rings (SSSR count). The Morgan fingerprint density at radius 1 is 1.03 bits per heavy atom. The van der Waals surface area contributed by atoms with Crippen molar-refractivity contribution in [2.24, 2.45) is 0 Å². The van der Waals surface area contributed by atoms with Crippen molar-refractivity contribution in [2.75, 3.05) is 6.61 Å². The summed E-state index contributed by atoms with van der Waals surface area (Å²) in [6.07, 6.45) is -0.189. The second kappa shape index (κ2) is 8.65. The molecule has 200 valence electrons. The number of ether oxygens (including phenoxy) is 3. The van der Waals surface area contributed by atoms with E-state index in [-0.39, 0.29) is 18.5 Å². The summed E-state index contributed by atoms with van der Waals surface area (Å²) in [5.41, 5.74) is -1.40. The van der Waals surface area contributed by atoms with Gasteiger partial charge in [0.2, 0.25) is 0 Å². The summed E-state index contributed by atoms with van der Waals surface area (Å²) in [5.74, 6) is 1.09. The molecule has 2 unspecified atom stereocenters. The zero-order chi connectivity index (χ0) is 26.8.